The molecule has 3 heteroatoms. The van der Waals surface area contributed by atoms with Gasteiger partial charge in [0.05, 0.1) is 0 Å². The molecule has 2 nitrogen and oxygen atoms in total. The fourth-order valence-electron chi connectivity index (χ4n) is 3.92. The van der Waals surface area contributed by atoms with Crippen molar-refractivity contribution in [3.05, 3.63) is 92.5 Å². The van der Waals surface area contributed by atoms with E-state index >= 15 is 0 Å². The summed E-state index contributed by atoms with van der Waals surface area (Å²) in [6.45, 7) is 10.8. The number of carbonyl (C=O) groups is 1. The monoisotopic (exact) mass is 468 g/mol. The Kier molecular flexibility index (Phi) is 8.66. The van der Waals surface area contributed by atoms with Crippen molar-refractivity contribution < 1.29 is 9.90 Å². The van der Waals surface area contributed by atoms with Gasteiger partial charge in [0, 0.05) is 16.5 Å². The maximum absolute atomic E-state index is 11.7. The Hall–Kier alpha value is -2.13. The van der Waals surface area contributed by atoms with E-state index in [1.165, 1.54) is 30.4 Å². The highest BCUT2D eigenvalue weighted by Gasteiger charge is 2.26. The summed E-state index contributed by atoms with van der Waals surface area (Å²) < 4.78 is 0.986. The number of carboxylic acid groups (broad SMARTS) is 1. The van der Waals surface area contributed by atoms with E-state index < -0.39 is 5.97 Å². The van der Waals surface area contributed by atoms with Gasteiger partial charge in [-0.25, -0.2) is 4.79 Å². The van der Waals surface area contributed by atoms with E-state index in [4.69, 9.17) is 0 Å². The standard InChI is InChI=1S/C27H33BrO2/c1-19(11-16-25-21(3)10-7-17-27(25,4)5)8-6-9-20(2)24(26(29)30)18-22-12-14-23(28)15-13-22/h6,8-9,11-16H,7,10,17-18H2,1-5H3,(H,29,30)/b9-6+,16-11+,19-8+,24-20+. The van der Waals surface area contributed by atoms with Crippen LogP contribution in [-0.2, 0) is 11.2 Å². The van der Waals surface area contributed by atoms with Gasteiger partial charge in [-0.15, -0.1) is 0 Å². The zero-order chi connectivity index (χ0) is 22.3. The lowest BCUT2D eigenvalue weighted by molar-refractivity contribution is -0.132. The number of allylic oxidation sites excluding steroid dienone is 9. The van der Waals surface area contributed by atoms with Gasteiger partial charge in [-0.2, -0.15) is 0 Å². The van der Waals surface area contributed by atoms with Crippen LogP contribution in [0.5, 0.6) is 0 Å². The molecule has 0 amide bonds. The lowest BCUT2D eigenvalue weighted by Gasteiger charge is -2.32. The molecule has 0 radical (unpaired) electrons. The second kappa shape index (κ2) is 10.8. The van der Waals surface area contributed by atoms with Crippen LogP contribution in [0.2, 0.25) is 0 Å². The minimum Gasteiger partial charge on any atom is -0.478 e. The third kappa shape index (κ3) is 6.98. The zero-order valence-corrected chi connectivity index (χ0v) is 20.3. The summed E-state index contributed by atoms with van der Waals surface area (Å²) in [6, 6.07) is 7.76. The van der Waals surface area contributed by atoms with Gasteiger partial charge >= 0.3 is 5.97 Å². The molecular formula is C27H33BrO2. The molecule has 0 aliphatic heterocycles. The maximum Gasteiger partial charge on any atom is 0.332 e. The number of hydrogen-bond acceptors (Lipinski definition) is 1. The fraction of sp³-hybridized carbons (Fsp3) is 0.370. The maximum atomic E-state index is 11.7. The number of hydrogen-bond donors (Lipinski definition) is 1. The summed E-state index contributed by atoms with van der Waals surface area (Å²) in [4.78, 5) is 11.7. The average molecular weight is 469 g/mol. The van der Waals surface area contributed by atoms with Gasteiger partial charge in [0.15, 0.2) is 0 Å². The van der Waals surface area contributed by atoms with E-state index in [0.717, 1.165) is 21.2 Å². The summed E-state index contributed by atoms with van der Waals surface area (Å²) in [5.74, 6) is -0.873. The van der Waals surface area contributed by atoms with Gasteiger partial charge in [0.1, 0.15) is 0 Å². The summed E-state index contributed by atoms with van der Waals surface area (Å²) in [7, 11) is 0. The molecule has 160 valence electrons. The van der Waals surface area contributed by atoms with E-state index in [0.29, 0.717) is 12.0 Å². The van der Waals surface area contributed by atoms with Crippen molar-refractivity contribution in [1.82, 2.24) is 0 Å². The first-order valence-electron chi connectivity index (χ1n) is 10.5. The molecule has 0 unspecified atom stereocenters. The lowest BCUT2D eigenvalue weighted by atomic mass is 9.72. The first kappa shape index (κ1) is 24.1. The second-order valence-corrected chi connectivity index (χ2v) is 9.72. The first-order valence-corrected chi connectivity index (χ1v) is 11.3. The van der Waals surface area contributed by atoms with Crippen molar-refractivity contribution >= 4 is 21.9 Å². The topological polar surface area (TPSA) is 37.3 Å². The largest absolute Gasteiger partial charge is 0.478 e. The summed E-state index contributed by atoms with van der Waals surface area (Å²) in [5.41, 5.74) is 6.48. The summed E-state index contributed by atoms with van der Waals surface area (Å²) >= 11 is 3.41. The zero-order valence-electron chi connectivity index (χ0n) is 18.8. The summed E-state index contributed by atoms with van der Waals surface area (Å²) in [5, 5.41) is 9.64. The molecule has 0 heterocycles. The van der Waals surface area contributed by atoms with E-state index in [2.05, 4.69) is 55.8 Å². The van der Waals surface area contributed by atoms with Crippen molar-refractivity contribution in [3.63, 3.8) is 0 Å². The predicted molar refractivity (Wildman–Crippen MR) is 131 cm³/mol. The molecule has 2 rings (SSSR count). The number of rotatable bonds is 7. The van der Waals surface area contributed by atoms with Crippen LogP contribution in [0.3, 0.4) is 0 Å². The van der Waals surface area contributed by atoms with E-state index in [1.807, 2.05) is 49.4 Å². The molecular weight excluding hydrogens is 436 g/mol. The average Bonchev–Trinajstić information content (AvgIpc) is 2.66. The number of carboxylic acids is 1. The van der Waals surface area contributed by atoms with Crippen LogP contribution in [0, 0.1) is 5.41 Å². The minimum absolute atomic E-state index is 0.234. The van der Waals surface area contributed by atoms with Crippen LogP contribution in [-0.4, -0.2) is 11.1 Å². The molecule has 0 atom stereocenters. The van der Waals surface area contributed by atoms with Crippen molar-refractivity contribution in [2.75, 3.05) is 0 Å². The van der Waals surface area contributed by atoms with Gasteiger partial charge in [0.2, 0.25) is 0 Å². The fourth-order valence-corrected chi connectivity index (χ4v) is 4.18. The van der Waals surface area contributed by atoms with Gasteiger partial charge in [0.25, 0.3) is 0 Å². The molecule has 30 heavy (non-hydrogen) atoms. The Morgan fingerprint density at radius 3 is 2.43 bits per heavy atom. The van der Waals surface area contributed by atoms with Gasteiger partial charge in [-0.3, -0.25) is 0 Å². The van der Waals surface area contributed by atoms with Gasteiger partial charge in [-0.1, -0.05) is 83.4 Å². The molecule has 1 aliphatic carbocycles. The molecule has 1 N–H and O–H groups in total. The predicted octanol–water partition coefficient (Wildman–Crippen LogP) is 7.98. The molecule has 0 spiro atoms. The number of aliphatic carboxylic acids is 1. The number of benzene rings is 1. The van der Waals surface area contributed by atoms with E-state index in [9.17, 15) is 9.90 Å². The molecule has 0 aromatic heterocycles. The molecule has 0 saturated carbocycles. The SMILES string of the molecule is CC1=C(/C=C/C(C)=C/C=C/C(C)=C(\Cc2ccc(Br)cc2)C(=O)O)C(C)(C)CCC1. The lowest BCUT2D eigenvalue weighted by Crippen LogP contribution is -2.19. The Morgan fingerprint density at radius 1 is 1.17 bits per heavy atom. The smallest absolute Gasteiger partial charge is 0.332 e. The van der Waals surface area contributed by atoms with Crippen molar-refractivity contribution in [2.24, 2.45) is 5.41 Å². The number of halogens is 1. The van der Waals surface area contributed by atoms with Crippen molar-refractivity contribution in [3.8, 4) is 0 Å². The van der Waals surface area contributed by atoms with Crippen LogP contribution < -0.4 is 0 Å². The highest BCUT2D eigenvalue weighted by molar-refractivity contribution is 9.10. The van der Waals surface area contributed by atoms with Crippen LogP contribution in [0.25, 0.3) is 0 Å². The Labute approximate surface area is 189 Å². The minimum atomic E-state index is -0.873. The highest BCUT2D eigenvalue weighted by Crippen LogP contribution is 2.40. The second-order valence-electron chi connectivity index (χ2n) is 8.80. The third-order valence-electron chi connectivity index (χ3n) is 5.79. The first-order chi connectivity index (χ1) is 14.1. The quantitative estimate of drug-likeness (QED) is 0.325. The Morgan fingerprint density at radius 2 is 1.83 bits per heavy atom. The normalized spacial score (nSPS) is 18.3. The molecule has 1 aliphatic rings. The molecule has 1 aromatic carbocycles. The Balaban J connectivity index is 2.14. The molecule has 1 aromatic rings. The van der Waals surface area contributed by atoms with Crippen LogP contribution >= 0.6 is 15.9 Å². The molecule has 0 bridgehead atoms. The van der Waals surface area contributed by atoms with Gasteiger partial charge < -0.3 is 5.11 Å². The van der Waals surface area contributed by atoms with Crippen LogP contribution in [0.15, 0.2) is 87.0 Å². The van der Waals surface area contributed by atoms with Crippen molar-refractivity contribution in [1.29, 1.82) is 0 Å². The van der Waals surface area contributed by atoms with Crippen LogP contribution in [0.4, 0.5) is 0 Å². The van der Waals surface area contributed by atoms with E-state index in [-0.39, 0.29) is 5.41 Å². The van der Waals surface area contributed by atoms with Crippen molar-refractivity contribution in [2.45, 2.75) is 60.3 Å². The van der Waals surface area contributed by atoms with E-state index in [1.54, 1.807) is 0 Å². The highest BCUT2D eigenvalue weighted by atomic mass is 79.9. The molecule has 0 fully saturated rings. The van der Waals surface area contributed by atoms with Gasteiger partial charge in [-0.05, 0) is 74.3 Å². The molecule has 0 saturated heterocycles. The van der Waals surface area contributed by atoms with Crippen LogP contribution in [0.1, 0.15) is 59.4 Å². The third-order valence-corrected chi connectivity index (χ3v) is 6.32. The Bertz CT molecular complexity index is 922. The summed E-state index contributed by atoms with van der Waals surface area (Å²) in [6.07, 6.45) is 14.4.